The summed E-state index contributed by atoms with van der Waals surface area (Å²) < 4.78 is 7.00. The van der Waals surface area contributed by atoms with Gasteiger partial charge in [-0.2, -0.15) is 9.61 Å². The number of para-hydroxylation sites is 1. The van der Waals surface area contributed by atoms with Crippen LogP contribution in [0.25, 0.3) is 28.1 Å². The molecule has 0 unspecified atom stereocenters. The molecule has 0 bridgehead atoms. The van der Waals surface area contributed by atoms with E-state index >= 15 is 0 Å². The minimum absolute atomic E-state index is 0.573. The predicted octanol–water partition coefficient (Wildman–Crippen LogP) is 3.19. The summed E-state index contributed by atoms with van der Waals surface area (Å²) in [5.41, 5.74) is 3.37. The van der Waals surface area contributed by atoms with Gasteiger partial charge in [0, 0.05) is 24.5 Å². The van der Waals surface area contributed by atoms with E-state index in [0.717, 1.165) is 35.4 Å². The molecule has 4 aromatic rings. The second-order valence-corrected chi connectivity index (χ2v) is 5.88. The Bertz CT molecular complexity index is 1070. The van der Waals surface area contributed by atoms with Gasteiger partial charge >= 0.3 is 0 Å². The zero-order valence-electron chi connectivity index (χ0n) is 15.0. The molecule has 0 fully saturated rings. The highest BCUT2D eigenvalue weighted by molar-refractivity contribution is 5.92. The summed E-state index contributed by atoms with van der Waals surface area (Å²) in [6.45, 7) is 6.14. The standard InChI is InChI=1S/C19H20N6O/c1-4-24(5-2)15-8-6-7-13-9-10-14(21-17(13)15)18-22-23-19-16(26-3)11-12-20-25(18)19/h6-12H,4-5H2,1-3H3. The van der Waals surface area contributed by atoms with Crippen molar-refractivity contribution in [3.05, 3.63) is 42.6 Å². The van der Waals surface area contributed by atoms with Gasteiger partial charge in [-0.1, -0.05) is 18.2 Å². The summed E-state index contributed by atoms with van der Waals surface area (Å²) in [4.78, 5) is 7.19. The lowest BCUT2D eigenvalue weighted by molar-refractivity contribution is 0.415. The van der Waals surface area contributed by atoms with Crippen LogP contribution in [0, 0.1) is 0 Å². The highest BCUT2D eigenvalue weighted by Gasteiger charge is 2.15. The molecule has 0 saturated carbocycles. The summed E-state index contributed by atoms with van der Waals surface area (Å²) in [6.07, 6.45) is 1.67. The minimum Gasteiger partial charge on any atom is -0.493 e. The largest absolute Gasteiger partial charge is 0.493 e. The maximum absolute atomic E-state index is 5.34. The van der Waals surface area contributed by atoms with Gasteiger partial charge in [-0.05, 0) is 26.0 Å². The molecule has 0 saturated heterocycles. The quantitative estimate of drug-likeness (QED) is 0.552. The van der Waals surface area contributed by atoms with E-state index in [-0.39, 0.29) is 0 Å². The molecule has 0 aliphatic rings. The number of fused-ring (bicyclic) bond motifs is 2. The van der Waals surface area contributed by atoms with Crippen molar-refractivity contribution < 1.29 is 4.74 Å². The Morgan fingerprint density at radius 1 is 1.04 bits per heavy atom. The van der Waals surface area contributed by atoms with Gasteiger partial charge in [0.05, 0.1) is 24.5 Å². The third-order valence-corrected chi connectivity index (χ3v) is 4.52. The number of methoxy groups -OCH3 is 1. The fourth-order valence-corrected chi connectivity index (χ4v) is 3.18. The Morgan fingerprint density at radius 2 is 1.88 bits per heavy atom. The third-order valence-electron chi connectivity index (χ3n) is 4.52. The molecule has 0 N–H and O–H groups in total. The van der Waals surface area contributed by atoms with Crippen LogP contribution in [0.15, 0.2) is 42.6 Å². The molecular formula is C19H20N6O. The number of hydrogen-bond acceptors (Lipinski definition) is 6. The molecule has 7 nitrogen and oxygen atoms in total. The monoisotopic (exact) mass is 348 g/mol. The fourth-order valence-electron chi connectivity index (χ4n) is 3.18. The van der Waals surface area contributed by atoms with Crippen LogP contribution in [-0.4, -0.2) is 45.0 Å². The number of hydrogen-bond donors (Lipinski definition) is 0. The average Bonchev–Trinajstić information content (AvgIpc) is 3.13. The van der Waals surface area contributed by atoms with Gasteiger partial charge in [-0.3, -0.25) is 0 Å². The molecule has 0 amide bonds. The van der Waals surface area contributed by atoms with Crippen molar-refractivity contribution in [3.8, 4) is 17.3 Å². The predicted molar refractivity (Wildman–Crippen MR) is 102 cm³/mol. The zero-order valence-corrected chi connectivity index (χ0v) is 15.0. The van der Waals surface area contributed by atoms with Crippen molar-refractivity contribution in [2.75, 3.05) is 25.1 Å². The molecule has 132 valence electrons. The molecule has 26 heavy (non-hydrogen) atoms. The molecular weight excluding hydrogens is 328 g/mol. The van der Waals surface area contributed by atoms with E-state index in [1.807, 2.05) is 6.07 Å². The number of pyridine rings is 1. The van der Waals surface area contributed by atoms with Crippen molar-refractivity contribution in [3.63, 3.8) is 0 Å². The number of ether oxygens (including phenoxy) is 1. The Hall–Kier alpha value is -3.22. The number of benzene rings is 1. The third kappa shape index (κ3) is 2.52. The lowest BCUT2D eigenvalue weighted by Gasteiger charge is -2.22. The first-order chi connectivity index (χ1) is 12.8. The highest BCUT2D eigenvalue weighted by atomic mass is 16.5. The SMILES string of the molecule is CCN(CC)c1cccc2ccc(-c3nnc4c(OC)ccnn34)nc12. The van der Waals surface area contributed by atoms with Crippen molar-refractivity contribution in [2.45, 2.75) is 13.8 Å². The maximum atomic E-state index is 5.34. The number of rotatable bonds is 5. The first kappa shape index (κ1) is 16.3. The highest BCUT2D eigenvalue weighted by Crippen LogP contribution is 2.28. The van der Waals surface area contributed by atoms with Gasteiger partial charge in [0.1, 0.15) is 5.69 Å². The second-order valence-electron chi connectivity index (χ2n) is 5.88. The summed E-state index contributed by atoms with van der Waals surface area (Å²) >= 11 is 0. The molecule has 7 heteroatoms. The van der Waals surface area contributed by atoms with Crippen molar-refractivity contribution >= 4 is 22.2 Å². The van der Waals surface area contributed by atoms with E-state index in [2.05, 4.69) is 58.3 Å². The van der Waals surface area contributed by atoms with Crippen LogP contribution in [0.5, 0.6) is 5.75 Å². The molecule has 0 spiro atoms. The van der Waals surface area contributed by atoms with Gasteiger partial charge < -0.3 is 9.64 Å². The van der Waals surface area contributed by atoms with E-state index < -0.39 is 0 Å². The van der Waals surface area contributed by atoms with Crippen LogP contribution in [0.4, 0.5) is 5.69 Å². The van der Waals surface area contributed by atoms with Crippen molar-refractivity contribution in [2.24, 2.45) is 0 Å². The van der Waals surface area contributed by atoms with Crippen LogP contribution in [0.1, 0.15) is 13.8 Å². The van der Waals surface area contributed by atoms with Gasteiger partial charge in [0.15, 0.2) is 5.75 Å². The molecule has 4 rings (SSSR count). The minimum atomic E-state index is 0.573. The van der Waals surface area contributed by atoms with E-state index in [0.29, 0.717) is 17.2 Å². The topological polar surface area (TPSA) is 68.4 Å². The first-order valence-corrected chi connectivity index (χ1v) is 8.66. The van der Waals surface area contributed by atoms with Crippen LogP contribution < -0.4 is 9.64 Å². The van der Waals surface area contributed by atoms with E-state index in [1.54, 1.807) is 23.9 Å². The summed E-state index contributed by atoms with van der Waals surface area (Å²) in [6, 6.07) is 12.0. The normalized spacial score (nSPS) is 11.2. The first-order valence-electron chi connectivity index (χ1n) is 8.66. The van der Waals surface area contributed by atoms with Gasteiger partial charge in [0.25, 0.3) is 0 Å². The second kappa shape index (κ2) is 6.59. The smallest absolute Gasteiger partial charge is 0.220 e. The molecule has 3 heterocycles. The van der Waals surface area contributed by atoms with Crippen molar-refractivity contribution in [1.82, 2.24) is 24.8 Å². The molecule has 0 aliphatic carbocycles. The summed E-state index contributed by atoms with van der Waals surface area (Å²) in [7, 11) is 1.61. The summed E-state index contributed by atoms with van der Waals surface area (Å²) in [5, 5.41) is 14.0. The lowest BCUT2D eigenvalue weighted by atomic mass is 10.1. The van der Waals surface area contributed by atoms with Gasteiger partial charge in [0.2, 0.25) is 11.5 Å². The number of aromatic nitrogens is 5. The van der Waals surface area contributed by atoms with Crippen LogP contribution in [-0.2, 0) is 0 Å². The lowest BCUT2D eigenvalue weighted by Crippen LogP contribution is -2.22. The van der Waals surface area contributed by atoms with Crippen LogP contribution >= 0.6 is 0 Å². The van der Waals surface area contributed by atoms with Crippen LogP contribution in [0.3, 0.4) is 0 Å². The number of anilines is 1. The zero-order chi connectivity index (χ0) is 18.1. The van der Waals surface area contributed by atoms with Gasteiger partial charge in [-0.25, -0.2) is 4.98 Å². The number of nitrogens with zero attached hydrogens (tertiary/aromatic N) is 6. The molecule has 0 atom stereocenters. The van der Waals surface area contributed by atoms with Gasteiger partial charge in [-0.15, -0.1) is 10.2 Å². The van der Waals surface area contributed by atoms with E-state index in [1.165, 1.54) is 0 Å². The summed E-state index contributed by atoms with van der Waals surface area (Å²) in [5.74, 6) is 1.22. The molecule has 1 aromatic carbocycles. The Morgan fingerprint density at radius 3 is 2.65 bits per heavy atom. The van der Waals surface area contributed by atoms with E-state index in [4.69, 9.17) is 9.72 Å². The van der Waals surface area contributed by atoms with Crippen LogP contribution in [0.2, 0.25) is 0 Å². The Balaban J connectivity index is 1.92. The Kier molecular flexibility index (Phi) is 4.12. The van der Waals surface area contributed by atoms with E-state index in [9.17, 15) is 0 Å². The molecule has 3 aromatic heterocycles. The molecule has 0 radical (unpaired) electrons. The molecule has 0 aliphatic heterocycles. The average molecular weight is 348 g/mol. The van der Waals surface area contributed by atoms with Crippen molar-refractivity contribution in [1.29, 1.82) is 0 Å². The maximum Gasteiger partial charge on any atom is 0.220 e. The fraction of sp³-hybridized carbons (Fsp3) is 0.263. The Labute approximate surface area is 151 Å².